The smallest absolute Gasteiger partial charge is 0.410 e. The summed E-state index contributed by atoms with van der Waals surface area (Å²) >= 11 is 0. The predicted molar refractivity (Wildman–Crippen MR) is 141 cm³/mol. The number of nitrogen functional groups attached to an aromatic ring is 1. The van der Waals surface area contributed by atoms with E-state index in [1.54, 1.807) is 23.1 Å². The molecule has 186 valence electrons. The van der Waals surface area contributed by atoms with E-state index in [4.69, 9.17) is 10.5 Å². The zero-order chi connectivity index (χ0) is 25.2. The monoisotopic (exact) mass is 484 g/mol. The van der Waals surface area contributed by atoms with E-state index in [-0.39, 0.29) is 18.6 Å². The molecule has 1 heterocycles. The molecule has 5 rings (SSSR count). The lowest BCUT2D eigenvalue weighted by atomic mass is 10.1. The Labute approximate surface area is 211 Å². The average Bonchev–Trinajstić information content (AvgIpc) is 3.48. The van der Waals surface area contributed by atoms with Crippen LogP contribution < -0.4 is 16.4 Å². The van der Waals surface area contributed by atoms with E-state index in [1.165, 1.54) is 12.0 Å². The molecule has 2 aliphatic rings. The van der Waals surface area contributed by atoms with Crippen LogP contribution in [0.2, 0.25) is 0 Å². The Hall–Kier alpha value is -3.84. The van der Waals surface area contributed by atoms with Crippen LogP contribution in [0, 0.1) is 0 Å². The average molecular weight is 485 g/mol. The number of amides is 2. The molecule has 2 atom stereocenters. The minimum Gasteiger partial charge on any atom is -0.445 e. The third-order valence-corrected chi connectivity index (χ3v) is 6.77. The third kappa shape index (κ3) is 5.36. The second-order valence-corrected chi connectivity index (χ2v) is 9.95. The fraction of sp³-hybridized carbons (Fsp3) is 0.310. The molecule has 1 saturated carbocycles. The van der Waals surface area contributed by atoms with Crippen LogP contribution in [0.1, 0.15) is 58.8 Å². The molecule has 1 aliphatic heterocycles. The lowest BCUT2D eigenvalue weighted by Gasteiger charge is -2.15. The molecular weight excluding hydrogens is 452 g/mol. The lowest BCUT2D eigenvalue weighted by Crippen LogP contribution is -2.26. The van der Waals surface area contributed by atoms with Gasteiger partial charge in [-0.15, -0.1) is 0 Å². The molecule has 2 unspecified atom stereocenters. The summed E-state index contributed by atoms with van der Waals surface area (Å²) in [6.45, 7) is 5.45. The van der Waals surface area contributed by atoms with E-state index < -0.39 is 0 Å². The number of benzene rings is 3. The molecule has 0 saturated heterocycles. The van der Waals surface area contributed by atoms with Gasteiger partial charge in [0.1, 0.15) is 6.61 Å². The van der Waals surface area contributed by atoms with E-state index >= 15 is 0 Å². The van der Waals surface area contributed by atoms with Crippen LogP contribution in [0.4, 0.5) is 16.2 Å². The number of ether oxygens (including phenoxy) is 1. The van der Waals surface area contributed by atoms with E-state index in [1.807, 2.05) is 36.4 Å². The maximum Gasteiger partial charge on any atom is 0.410 e. The van der Waals surface area contributed by atoms with Gasteiger partial charge in [-0.1, -0.05) is 56.3 Å². The molecule has 3 aromatic rings. The Morgan fingerprint density at radius 3 is 2.53 bits per heavy atom. The molecule has 0 spiro atoms. The van der Waals surface area contributed by atoms with Gasteiger partial charge < -0.3 is 21.1 Å². The van der Waals surface area contributed by atoms with Gasteiger partial charge in [0.2, 0.25) is 0 Å². The van der Waals surface area contributed by atoms with E-state index in [2.05, 4.69) is 36.6 Å². The molecule has 0 aromatic heterocycles. The number of carbonyl (C=O) groups is 2. The fourth-order valence-corrected chi connectivity index (χ4v) is 4.74. The van der Waals surface area contributed by atoms with Crippen LogP contribution in [0.3, 0.4) is 0 Å². The molecule has 4 N–H and O–H groups in total. The number of hydrogen-bond acceptors (Lipinski definition) is 5. The number of nitrogens with one attached hydrogen (secondary N) is 2. The van der Waals surface area contributed by atoms with Crippen molar-refractivity contribution in [2.24, 2.45) is 0 Å². The molecule has 1 aliphatic carbocycles. The quantitative estimate of drug-likeness (QED) is 0.409. The zero-order valence-electron chi connectivity index (χ0n) is 20.7. The summed E-state index contributed by atoms with van der Waals surface area (Å²) in [6, 6.07) is 22.0. The van der Waals surface area contributed by atoms with Crippen molar-refractivity contribution in [3.8, 4) is 0 Å². The Morgan fingerprint density at radius 1 is 1.03 bits per heavy atom. The Kier molecular flexibility index (Phi) is 6.65. The molecule has 0 bridgehead atoms. The molecule has 0 radical (unpaired) electrons. The van der Waals surface area contributed by atoms with Gasteiger partial charge >= 0.3 is 6.09 Å². The van der Waals surface area contributed by atoms with Crippen molar-refractivity contribution in [2.45, 2.75) is 58.0 Å². The van der Waals surface area contributed by atoms with Gasteiger partial charge in [-0.25, -0.2) is 4.79 Å². The largest absolute Gasteiger partial charge is 0.445 e. The topological polar surface area (TPSA) is 96.7 Å². The molecule has 7 heteroatoms. The summed E-state index contributed by atoms with van der Waals surface area (Å²) in [6.07, 6.45) is 0.813. The number of para-hydroxylation sites is 2. The first-order valence-electron chi connectivity index (χ1n) is 12.4. The first-order chi connectivity index (χ1) is 17.4. The SMILES string of the molecule is CC(C)NC1CC1c1ccc(COC(=O)N2Cc3ccc(C(=O)Nc4ccccc4N)cc3C2)cc1. The number of carbonyl (C=O) groups excluding carboxylic acids is 2. The van der Waals surface area contributed by atoms with Gasteiger partial charge in [0.05, 0.1) is 11.4 Å². The van der Waals surface area contributed by atoms with Crippen molar-refractivity contribution in [3.05, 3.63) is 94.5 Å². The highest BCUT2D eigenvalue weighted by molar-refractivity contribution is 6.05. The summed E-state index contributed by atoms with van der Waals surface area (Å²) in [5, 5.41) is 6.42. The molecule has 7 nitrogen and oxygen atoms in total. The van der Waals surface area contributed by atoms with Crippen LogP contribution in [0.25, 0.3) is 0 Å². The van der Waals surface area contributed by atoms with Crippen LogP contribution in [-0.4, -0.2) is 29.0 Å². The van der Waals surface area contributed by atoms with E-state index in [0.717, 1.165) is 16.7 Å². The molecular formula is C29H32N4O3. The van der Waals surface area contributed by atoms with Gasteiger partial charge in [-0.3, -0.25) is 9.69 Å². The number of nitrogens with two attached hydrogens (primary N) is 1. The van der Waals surface area contributed by atoms with E-state index in [0.29, 0.717) is 48.0 Å². The fourth-order valence-electron chi connectivity index (χ4n) is 4.74. The van der Waals surface area contributed by atoms with Gasteiger partial charge in [-0.05, 0) is 52.9 Å². The lowest BCUT2D eigenvalue weighted by molar-refractivity contribution is 0.0955. The first-order valence-corrected chi connectivity index (χ1v) is 12.4. The highest BCUT2D eigenvalue weighted by atomic mass is 16.6. The van der Waals surface area contributed by atoms with Crippen LogP contribution >= 0.6 is 0 Å². The number of fused-ring (bicyclic) bond motifs is 1. The highest BCUT2D eigenvalue weighted by Gasteiger charge is 2.38. The molecule has 2 amide bonds. The summed E-state index contributed by atoms with van der Waals surface area (Å²) in [5.41, 5.74) is 11.8. The number of anilines is 2. The van der Waals surface area contributed by atoms with Crippen LogP contribution in [0.5, 0.6) is 0 Å². The molecule has 1 fully saturated rings. The number of rotatable bonds is 7. The van der Waals surface area contributed by atoms with Crippen LogP contribution in [0.15, 0.2) is 66.7 Å². The molecule has 3 aromatic carbocycles. The Bertz CT molecular complexity index is 1270. The first kappa shape index (κ1) is 23.9. The predicted octanol–water partition coefficient (Wildman–Crippen LogP) is 5.03. The minimum atomic E-state index is -0.360. The third-order valence-electron chi connectivity index (χ3n) is 6.77. The summed E-state index contributed by atoms with van der Waals surface area (Å²) in [4.78, 5) is 27.1. The Morgan fingerprint density at radius 2 is 1.78 bits per heavy atom. The van der Waals surface area contributed by atoms with E-state index in [9.17, 15) is 9.59 Å². The number of nitrogens with zero attached hydrogens (tertiary/aromatic N) is 1. The van der Waals surface area contributed by atoms with Crippen molar-refractivity contribution in [3.63, 3.8) is 0 Å². The van der Waals surface area contributed by atoms with Gasteiger partial charge in [-0.2, -0.15) is 0 Å². The van der Waals surface area contributed by atoms with Gasteiger partial charge in [0, 0.05) is 36.7 Å². The van der Waals surface area contributed by atoms with Gasteiger partial charge in [0.15, 0.2) is 0 Å². The van der Waals surface area contributed by atoms with Crippen molar-refractivity contribution in [1.29, 1.82) is 0 Å². The minimum absolute atomic E-state index is 0.233. The standard InChI is InChI=1S/C29H32N4O3/c1-18(2)31-27-14-24(27)20-9-7-19(8-10-20)17-36-29(35)33-15-22-12-11-21(13-23(22)16-33)28(34)32-26-6-4-3-5-25(26)30/h3-13,18,24,27,31H,14-17,30H2,1-2H3,(H,32,34). The normalized spacial score (nSPS) is 18.1. The summed E-state index contributed by atoms with van der Waals surface area (Å²) in [7, 11) is 0. The summed E-state index contributed by atoms with van der Waals surface area (Å²) in [5.74, 6) is 0.335. The summed E-state index contributed by atoms with van der Waals surface area (Å²) < 4.78 is 5.58. The van der Waals surface area contributed by atoms with Crippen molar-refractivity contribution in [2.75, 3.05) is 11.1 Å². The zero-order valence-corrected chi connectivity index (χ0v) is 20.7. The highest BCUT2D eigenvalue weighted by Crippen LogP contribution is 2.41. The second-order valence-electron chi connectivity index (χ2n) is 9.95. The van der Waals surface area contributed by atoms with Gasteiger partial charge in [0.25, 0.3) is 5.91 Å². The van der Waals surface area contributed by atoms with Crippen molar-refractivity contribution < 1.29 is 14.3 Å². The second kappa shape index (κ2) is 10.0. The Balaban J connectivity index is 1.13. The van der Waals surface area contributed by atoms with Crippen molar-refractivity contribution in [1.82, 2.24) is 10.2 Å². The maximum atomic E-state index is 12.7. The molecule has 36 heavy (non-hydrogen) atoms. The number of hydrogen-bond donors (Lipinski definition) is 3. The van der Waals surface area contributed by atoms with Crippen molar-refractivity contribution >= 4 is 23.4 Å². The van der Waals surface area contributed by atoms with Crippen LogP contribution in [-0.2, 0) is 24.4 Å². The maximum absolute atomic E-state index is 12.7.